The van der Waals surface area contributed by atoms with E-state index in [0.29, 0.717) is 19.5 Å². The van der Waals surface area contributed by atoms with Gasteiger partial charge in [-0.3, -0.25) is 9.78 Å². The lowest BCUT2D eigenvalue weighted by molar-refractivity contribution is -0.121. The van der Waals surface area contributed by atoms with Crippen molar-refractivity contribution in [3.8, 4) is 0 Å². The molecule has 0 aliphatic rings. The average molecular weight is 269 g/mol. The third-order valence-corrected chi connectivity index (χ3v) is 2.89. The molecule has 4 heteroatoms. The van der Waals surface area contributed by atoms with Crippen LogP contribution in [-0.2, 0) is 17.9 Å². The van der Waals surface area contributed by atoms with Crippen LogP contribution in [0, 0.1) is 0 Å². The zero-order valence-corrected chi connectivity index (χ0v) is 11.4. The number of nitrogens with one attached hydrogen (secondary N) is 2. The topological polar surface area (TPSA) is 54.0 Å². The monoisotopic (exact) mass is 269 g/mol. The Labute approximate surface area is 119 Å². The number of amides is 1. The van der Waals surface area contributed by atoms with Crippen LogP contribution in [0.15, 0.2) is 54.7 Å². The second-order valence-electron chi connectivity index (χ2n) is 4.51. The van der Waals surface area contributed by atoms with E-state index in [9.17, 15) is 4.79 Å². The fourth-order valence-electron chi connectivity index (χ4n) is 1.81. The third kappa shape index (κ3) is 5.20. The van der Waals surface area contributed by atoms with E-state index in [1.165, 1.54) is 5.56 Å². The Bertz CT molecular complexity index is 514. The highest BCUT2D eigenvalue weighted by Crippen LogP contribution is 1.97. The van der Waals surface area contributed by atoms with Gasteiger partial charge in [-0.1, -0.05) is 36.4 Å². The molecule has 1 aromatic carbocycles. The summed E-state index contributed by atoms with van der Waals surface area (Å²) in [4.78, 5) is 15.8. The van der Waals surface area contributed by atoms with Crippen LogP contribution in [0.1, 0.15) is 17.7 Å². The molecule has 4 nitrogen and oxygen atoms in total. The molecule has 2 aromatic rings. The van der Waals surface area contributed by atoms with E-state index >= 15 is 0 Å². The van der Waals surface area contributed by atoms with Gasteiger partial charge in [-0.05, 0) is 17.7 Å². The van der Waals surface area contributed by atoms with E-state index in [0.717, 1.165) is 12.2 Å². The number of carbonyl (C=O) groups excluding carboxylic acids is 1. The zero-order chi connectivity index (χ0) is 14.0. The predicted molar refractivity (Wildman–Crippen MR) is 78.8 cm³/mol. The van der Waals surface area contributed by atoms with Crippen molar-refractivity contribution in [3.63, 3.8) is 0 Å². The largest absolute Gasteiger partial charge is 0.350 e. The van der Waals surface area contributed by atoms with Crippen LogP contribution in [-0.4, -0.2) is 17.4 Å². The normalized spacial score (nSPS) is 10.2. The van der Waals surface area contributed by atoms with Crippen molar-refractivity contribution >= 4 is 5.91 Å². The standard InChI is InChI=1S/C16H19N3O/c20-16(19-13-15-8-4-5-10-18-15)9-11-17-12-14-6-2-1-3-7-14/h1-8,10,17H,9,11-13H2,(H,19,20). The summed E-state index contributed by atoms with van der Waals surface area (Å²) in [7, 11) is 0. The molecular weight excluding hydrogens is 250 g/mol. The highest BCUT2D eigenvalue weighted by Gasteiger charge is 2.01. The maximum atomic E-state index is 11.6. The van der Waals surface area contributed by atoms with Crippen LogP contribution in [0.25, 0.3) is 0 Å². The van der Waals surface area contributed by atoms with Crippen LogP contribution in [0.3, 0.4) is 0 Å². The number of benzene rings is 1. The molecule has 1 amide bonds. The zero-order valence-electron chi connectivity index (χ0n) is 11.4. The quantitative estimate of drug-likeness (QED) is 0.755. The molecule has 0 unspecified atom stereocenters. The van der Waals surface area contributed by atoms with E-state index in [1.807, 2.05) is 36.4 Å². The number of carbonyl (C=O) groups is 1. The summed E-state index contributed by atoms with van der Waals surface area (Å²) >= 11 is 0. The second kappa shape index (κ2) is 8.07. The van der Waals surface area contributed by atoms with Gasteiger partial charge in [-0.25, -0.2) is 0 Å². The summed E-state index contributed by atoms with van der Waals surface area (Å²) < 4.78 is 0. The summed E-state index contributed by atoms with van der Waals surface area (Å²) in [6, 6.07) is 15.8. The summed E-state index contributed by atoms with van der Waals surface area (Å²) in [5, 5.41) is 6.11. The maximum Gasteiger partial charge on any atom is 0.221 e. The molecule has 2 N–H and O–H groups in total. The minimum absolute atomic E-state index is 0.0382. The minimum Gasteiger partial charge on any atom is -0.350 e. The van der Waals surface area contributed by atoms with Crippen molar-refractivity contribution in [3.05, 3.63) is 66.0 Å². The molecular formula is C16H19N3O. The Balaban J connectivity index is 1.59. The van der Waals surface area contributed by atoms with Crippen molar-refractivity contribution < 1.29 is 4.79 Å². The molecule has 104 valence electrons. The van der Waals surface area contributed by atoms with Gasteiger partial charge in [0.25, 0.3) is 0 Å². The fraction of sp³-hybridized carbons (Fsp3) is 0.250. The molecule has 0 saturated carbocycles. The van der Waals surface area contributed by atoms with Gasteiger partial charge >= 0.3 is 0 Å². The molecule has 0 aliphatic heterocycles. The summed E-state index contributed by atoms with van der Waals surface area (Å²) in [5.74, 6) is 0.0382. The Morgan fingerprint density at radius 3 is 2.55 bits per heavy atom. The first kappa shape index (κ1) is 14.2. The van der Waals surface area contributed by atoms with Gasteiger partial charge in [-0.2, -0.15) is 0 Å². The SMILES string of the molecule is O=C(CCNCc1ccccc1)NCc1ccccn1. The summed E-state index contributed by atoms with van der Waals surface area (Å²) in [5.41, 5.74) is 2.10. The van der Waals surface area contributed by atoms with Crippen molar-refractivity contribution in [2.45, 2.75) is 19.5 Å². The molecule has 1 heterocycles. The van der Waals surface area contributed by atoms with E-state index in [2.05, 4.69) is 27.8 Å². The summed E-state index contributed by atoms with van der Waals surface area (Å²) in [6.07, 6.45) is 2.20. The Morgan fingerprint density at radius 1 is 1.00 bits per heavy atom. The van der Waals surface area contributed by atoms with Crippen molar-refractivity contribution in [2.75, 3.05) is 6.54 Å². The van der Waals surface area contributed by atoms with Crippen LogP contribution in [0.2, 0.25) is 0 Å². The highest BCUT2D eigenvalue weighted by atomic mass is 16.1. The lowest BCUT2D eigenvalue weighted by atomic mass is 10.2. The van der Waals surface area contributed by atoms with Gasteiger partial charge < -0.3 is 10.6 Å². The highest BCUT2D eigenvalue weighted by molar-refractivity contribution is 5.75. The first-order valence-electron chi connectivity index (χ1n) is 6.76. The molecule has 0 aliphatic carbocycles. The third-order valence-electron chi connectivity index (χ3n) is 2.89. The molecule has 0 radical (unpaired) electrons. The molecule has 0 atom stereocenters. The Morgan fingerprint density at radius 2 is 1.80 bits per heavy atom. The van der Waals surface area contributed by atoms with Gasteiger partial charge in [0.05, 0.1) is 12.2 Å². The van der Waals surface area contributed by atoms with E-state index < -0.39 is 0 Å². The minimum atomic E-state index is 0.0382. The molecule has 0 bridgehead atoms. The van der Waals surface area contributed by atoms with E-state index in [4.69, 9.17) is 0 Å². The smallest absolute Gasteiger partial charge is 0.221 e. The molecule has 0 saturated heterocycles. The number of pyridine rings is 1. The van der Waals surface area contributed by atoms with Gasteiger partial charge in [0.15, 0.2) is 0 Å². The second-order valence-corrected chi connectivity index (χ2v) is 4.51. The van der Waals surface area contributed by atoms with Crippen molar-refractivity contribution in [1.82, 2.24) is 15.6 Å². The first-order valence-corrected chi connectivity index (χ1v) is 6.76. The molecule has 1 aromatic heterocycles. The predicted octanol–water partition coefficient (Wildman–Crippen LogP) is 1.88. The van der Waals surface area contributed by atoms with Crippen molar-refractivity contribution in [2.24, 2.45) is 0 Å². The molecule has 2 rings (SSSR count). The Kier molecular flexibility index (Phi) is 5.73. The number of hydrogen-bond acceptors (Lipinski definition) is 3. The maximum absolute atomic E-state index is 11.6. The van der Waals surface area contributed by atoms with Gasteiger partial charge in [0.1, 0.15) is 0 Å². The summed E-state index contributed by atoms with van der Waals surface area (Å²) in [6.45, 7) is 1.94. The number of aromatic nitrogens is 1. The van der Waals surface area contributed by atoms with Gasteiger partial charge in [-0.15, -0.1) is 0 Å². The average Bonchev–Trinajstić information content (AvgIpc) is 2.52. The molecule has 0 fully saturated rings. The van der Waals surface area contributed by atoms with E-state index in [-0.39, 0.29) is 5.91 Å². The van der Waals surface area contributed by atoms with Gasteiger partial charge in [0.2, 0.25) is 5.91 Å². The van der Waals surface area contributed by atoms with E-state index in [1.54, 1.807) is 6.20 Å². The number of rotatable bonds is 7. The van der Waals surface area contributed by atoms with Crippen LogP contribution >= 0.6 is 0 Å². The van der Waals surface area contributed by atoms with Crippen LogP contribution < -0.4 is 10.6 Å². The molecule has 0 spiro atoms. The Hall–Kier alpha value is -2.20. The number of hydrogen-bond donors (Lipinski definition) is 2. The number of nitrogens with zero attached hydrogens (tertiary/aromatic N) is 1. The lowest BCUT2D eigenvalue weighted by Gasteiger charge is -2.06. The van der Waals surface area contributed by atoms with Crippen molar-refractivity contribution in [1.29, 1.82) is 0 Å². The van der Waals surface area contributed by atoms with Gasteiger partial charge in [0, 0.05) is 25.7 Å². The first-order chi connectivity index (χ1) is 9.84. The van der Waals surface area contributed by atoms with Crippen LogP contribution in [0.5, 0.6) is 0 Å². The molecule has 20 heavy (non-hydrogen) atoms. The lowest BCUT2D eigenvalue weighted by Crippen LogP contribution is -2.27. The van der Waals surface area contributed by atoms with Crippen LogP contribution in [0.4, 0.5) is 0 Å². The fourth-order valence-corrected chi connectivity index (χ4v) is 1.81.